The molecule has 3 unspecified atom stereocenters. The SMILES string of the molecule is COc1ccccc1CN1C(=O)NC(CCC(=O)N2CC3CC(C2)c2cccc(=O)n2C3)C1=O. The Bertz CT molecular complexity index is 1190. The molecule has 2 bridgehead atoms. The zero-order valence-electron chi connectivity index (χ0n) is 19.1. The van der Waals surface area contributed by atoms with Gasteiger partial charge in [0.05, 0.1) is 13.7 Å². The summed E-state index contributed by atoms with van der Waals surface area (Å²) in [5.41, 5.74) is 1.75. The molecule has 3 aliphatic rings. The van der Waals surface area contributed by atoms with Crippen LogP contribution in [0, 0.1) is 5.92 Å². The molecule has 5 rings (SSSR count). The smallest absolute Gasteiger partial charge is 0.325 e. The summed E-state index contributed by atoms with van der Waals surface area (Å²) in [5.74, 6) is 0.661. The van der Waals surface area contributed by atoms with Crippen molar-refractivity contribution in [1.82, 2.24) is 19.7 Å². The Hall–Kier alpha value is -3.62. The number of aromatic nitrogens is 1. The number of hydrogen-bond donors (Lipinski definition) is 1. The standard InChI is InChI=1S/C25H28N4O5/c1-34-21-7-3-2-5-17(21)15-29-24(32)19(26-25(29)33)9-10-22(30)27-12-16-11-18(14-27)20-6-4-8-23(31)28(20)13-16/h2-8,16,18-19H,9-15H2,1H3,(H,26,33). The number of rotatable bonds is 6. The van der Waals surface area contributed by atoms with E-state index in [1.807, 2.05) is 33.7 Å². The van der Waals surface area contributed by atoms with E-state index in [2.05, 4.69) is 5.32 Å². The van der Waals surface area contributed by atoms with Crippen LogP contribution >= 0.6 is 0 Å². The van der Waals surface area contributed by atoms with Gasteiger partial charge in [0.1, 0.15) is 11.8 Å². The molecule has 4 amide bonds. The highest BCUT2D eigenvalue weighted by molar-refractivity contribution is 6.04. The number of carbonyl (C=O) groups is 3. The number of nitrogens with zero attached hydrogens (tertiary/aromatic N) is 3. The van der Waals surface area contributed by atoms with Gasteiger partial charge in [0.2, 0.25) is 5.91 Å². The summed E-state index contributed by atoms with van der Waals surface area (Å²) in [4.78, 5) is 53.6. The summed E-state index contributed by atoms with van der Waals surface area (Å²) in [6.45, 7) is 1.93. The Morgan fingerprint density at radius 2 is 1.88 bits per heavy atom. The van der Waals surface area contributed by atoms with Gasteiger partial charge in [0.15, 0.2) is 0 Å². The van der Waals surface area contributed by atoms with Gasteiger partial charge in [-0.2, -0.15) is 0 Å². The fourth-order valence-electron chi connectivity index (χ4n) is 5.45. The number of amides is 4. The molecule has 0 aliphatic carbocycles. The van der Waals surface area contributed by atoms with Crippen LogP contribution in [0.25, 0.3) is 0 Å². The molecule has 0 saturated carbocycles. The molecule has 9 nitrogen and oxygen atoms in total. The molecule has 2 aromatic rings. The van der Waals surface area contributed by atoms with Gasteiger partial charge in [0, 0.05) is 49.3 Å². The number of piperidine rings is 1. The van der Waals surface area contributed by atoms with E-state index in [1.165, 1.54) is 4.90 Å². The molecule has 1 N–H and O–H groups in total. The second-order valence-corrected chi connectivity index (χ2v) is 9.27. The van der Waals surface area contributed by atoms with Gasteiger partial charge in [-0.1, -0.05) is 24.3 Å². The number of nitrogens with one attached hydrogen (secondary N) is 1. The number of methoxy groups -OCH3 is 1. The Morgan fingerprint density at radius 3 is 2.71 bits per heavy atom. The number of para-hydroxylation sites is 1. The minimum atomic E-state index is -0.713. The van der Waals surface area contributed by atoms with Crippen LogP contribution in [-0.2, 0) is 22.7 Å². The first kappa shape index (κ1) is 22.2. The maximum absolute atomic E-state index is 13.0. The highest BCUT2D eigenvalue weighted by Crippen LogP contribution is 2.35. The fourth-order valence-corrected chi connectivity index (χ4v) is 5.45. The van der Waals surface area contributed by atoms with Crippen LogP contribution in [0.3, 0.4) is 0 Å². The third-order valence-electron chi connectivity index (χ3n) is 7.11. The van der Waals surface area contributed by atoms with Crippen molar-refractivity contribution in [2.75, 3.05) is 20.2 Å². The molecule has 2 saturated heterocycles. The van der Waals surface area contributed by atoms with E-state index in [0.29, 0.717) is 25.4 Å². The number of hydrogen-bond acceptors (Lipinski definition) is 5. The van der Waals surface area contributed by atoms with Crippen molar-refractivity contribution in [2.45, 2.75) is 44.3 Å². The second kappa shape index (κ2) is 8.96. The van der Waals surface area contributed by atoms with Crippen LogP contribution in [-0.4, -0.2) is 58.5 Å². The molecule has 34 heavy (non-hydrogen) atoms. The van der Waals surface area contributed by atoms with Crippen LogP contribution in [0.5, 0.6) is 5.75 Å². The van der Waals surface area contributed by atoms with Gasteiger partial charge in [-0.15, -0.1) is 0 Å². The third kappa shape index (κ3) is 4.06. The fraction of sp³-hybridized carbons (Fsp3) is 0.440. The van der Waals surface area contributed by atoms with Gasteiger partial charge >= 0.3 is 6.03 Å². The number of pyridine rings is 1. The monoisotopic (exact) mass is 464 g/mol. The molecule has 1 aromatic carbocycles. The first-order valence-electron chi connectivity index (χ1n) is 11.7. The van der Waals surface area contributed by atoms with E-state index >= 15 is 0 Å². The van der Waals surface area contributed by atoms with E-state index in [4.69, 9.17) is 4.74 Å². The highest BCUT2D eigenvalue weighted by Gasteiger charge is 2.40. The Kier molecular flexibility index (Phi) is 5.85. The third-order valence-corrected chi connectivity index (χ3v) is 7.11. The van der Waals surface area contributed by atoms with Crippen molar-refractivity contribution in [3.8, 4) is 5.75 Å². The molecule has 0 radical (unpaired) electrons. The number of imide groups is 1. The lowest BCUT2D eigenvalue weighted by Gasteiger charge is -2.42. The maximum atomic E-state index is 13.0. The number of urea groups is 1. The average molecular weight is 465 g/mol. The Morgan fingerprint density at radius 1 is 1.06 bits per heavy atom. The highest BCUT2D eigenvalue weighted by atomic mass is 16.5. The van der Waals surface area contributed by atoms with Crippen LogP contribution in [0.4, 0.5) is 4.79 Å². The van der Waals surface area contributed by atoms with Crippen LogP contribution in [0.1, 0.15) is 36.4 Å². The Labute approximate surface area is 197 Å². The summed E-state index contributed by atoms with van der Waals surface area (Å²) >= 11 is 0. The maximum Gasteiger partial charge on any atom is 0.325 e. The van der Waals surface area contributed by atoms with Gasteiger partial charge < -0.3 is 19.5 Å². The molecule has 0 spiro atoms. The Balaban J connectivity index is 1.20. The van der Waals surface area contributed by atoms with Crippen LogP contribution < -0.4 is 15.6 Å². The number of fused-ring (bicyclic) bond motifs is 4. The predicted molar refractivity (Wildman–Crippen MR) is 123 cm³/mol. The molecule has 3 atom stereocenters. The van der Waals surface area contributed by atoms with Gasteiger partial charge in [-0.05, 0) is 30.9 Å². The van der Waals surface area contributed by atoms with Gasteiger partial charge in [-0.3, -0.25) is 19.3 Å². The van der Waals surface area contributed by atoms with E-state index in [9.17, 15) is 19.2 Å². The van der Waals surface area contributed by atoms with Crippen molar-refractivity contribution in [2.24, 2.45) is 5.92 Å². The molecule has 2 fully saturated rings. The van der Waals surface area contributed by atoms with Crippen molar-refractivity contribution in [3.63, 3.8) is 0 Å². The molecular formula is C25H28N4O5. The van der Waals surface area contributed by atoms with Crippen molar-refractivity contribution < 1.29 is 19.1 Å². The quantitative estimate of drug-likeness (QED) is 0.656. The molecule has 3 aliphatic heterocycles. The lowest BCUT2D eigenvalue weighted by Crippen LogP contribution is -2.49. The first-order chi connectivity index (χ1) is 16.4. The van der Waals surface area contributed by atoms with Crippen LogP contribution in [0.2, 0.25) is 0 Å². The zero-order chi connectivity index (χ0) is 23.8. The zero-order valence-corrected chi connectivity index (χ0v) is 19.1. The van der Waals surface area contributed by atoms with Gasteiger partial charge in [-0.25, -0.2) is 4.79 Å². The summed E-state index contributed by atoms with van der Waals surface area (Å²) < 4.78 is 7.16. The lowest BCUT2D eigenvalue weighted by molar-refractivity contribution is -0.134. The molecule has 9 heteroatoms. The van der Waals surface area contributed by atoms with E-state index in [0.717, 1.165) is 17.7 Å². The van der Waals surface area contributed by atoms with E-state index in [1.54, 1.807) is 25.3 Å². The number of likely N-dealkylation sites (tertiary alicyclic amines) is 1. The number of benzene rings is 1. The minimum absolute atomic E-state index is 0.0140. The van der Waals surface area contributed by atoms with Crippen molar-refractivity contribution >= 4 is 17.8 Å². The lowest BCUT2D eigenvalue weighted by atomic mass is 9.83. The molecular weight excluding hydrogens is 436 g/mol. The molecule has 1 aromatic heterocycles. The first-order valence-corrected chi connectivity index (χ1v) is 11.7. The van der Waals surface area contributed by atoms with Gasteiger partial charge in [0.25, 0.3) is 11.5 Å². The summed E-state index contributed by atoms with van der Waals surface area (Å²) in [6.07, 6.45) is 1.41. The summed E-state index contributed by atoms with van der Waals surface area (Å²) in [6, 6.07) is 11.4. The summed E-state index contributed by atoms with van der Waals surface area (Å²) in [7, 11) is 1.55. The molecule has 178 valence electrons. The topological polar surface area (TPSA) is 101 Å². The predicted octanol–water partition coefficient (Wildman–Crippen LogP) is 1.70. The van der Waals surface area contributed by atoms with Crippen molar-refractivity contribution in [3.05, 3.63) is 64.1 Å². The summed E-state index contributed by atoms with van der Waals surface area (Å²) in [5, 5.41) is 2.72. The number of carbonyl (C=O) groups excluding carboxylic acids is 3. The average Bonchev–Trinajstić information content (AvgIpc) is 3.11. The normalized spacial score (nSPS) is 23.5. The van der Waals surface area contributed by atoms with E-state index < -0.39 is 12.1 Å². The number of ether oxygens (including phenoxy) is 1. The minimum Gasteiger partial charge on any atom is -0.496 e. The van der Waals surface area contributed by atoms with Crippen LogP contribution in [0.15, 0.2) is 47.3 Å². The van der Waals surface area contributed by atoms with Crippen molar-refractivity contribution in [1.29, 1.82) is 0 Å². The van der Waals surface area contributed by atoms with E-state index in [-0.39, 0.29) is 48.6 Å². The molecule has 4 heterocycles. The second-order valence-electron chi connectivity index (χ2n) is 9.27. The largest absolute Gasteiger partial charge is 0.496 e.